The van der Waals surface area contributed by atoms with E-state index in [9.17, 15) is 0 Å². The minimum Gasteiger partial charge on any atom is -0.103 e. The van der Waals surface area contributed by atoms with Crippen LogP contribution in [-0.4, -0.2) is 0 Å². The Morgan fingerprint density at radius 3 is 2.04 bits per heavy atom. The molecule has 0 aliphatic carbocycles. The van der Waals surface area contributed by atoms with Crippen LogP contribution in [-0.2, 0) is 0 Å². The summed E-state index contributed by atoms with van der Waals surface area (Å²) < 4.78 is 0. The van der Waals surface area contributed by atoms with Crippen LogP contribution in [0.25, 0.3) is 0 Å². The molecule has 0 radical (unpaired) electrons. The van der Waals surface area contributed by atoms with Gasteiger partial charge in [0.2, 0.25) is 0 Å². The average Bonchev–Trinajstić information content (AvgIpc) is 2.64. The molecule has 0 aliphatic heterocycles. The first-order chi connectivity index (χ1) is 12.7. The van der Waals surface area contributed by atoms with Crippen molar-refractivity contribution in [2.45, 2.75) is 90.4 Å². The third-order valence-electron chi connectivity index (χ3n) is 5.08. The Morgan fingerprint density at radius 2 is 1.42 bits per heavy atom. The third-order valence-corrected chi connectivity index (χ3v) is 5.08. The fourth-order valence-electron chi connectivity index (χ4n) is 3.44. The zero-order valence-electron chi connectivity index (χ0n) is 17.4. The van der Waals surface area contributed by atoms with Crippen molar-refractivity contribution >= 4 is 0 Å². The van der Waals surface area contributed by atoms with E-state index in [1.165, 1.54) is 38.5 Å². The lowest BCUT2D eigenvalue weighted by molar-refractivity contribution is 0.336. The Hall–Kier alpha value is -1.48. The molecule has 0 aliphatic rings. The van der Waals surface area contributed by atoms with Gasteiger partial charge >= 0.3 is 0 Å². The highest BCUT2D eigenvalue weighted by Gasteiger charge is 2.25. The Bertz CT molecular complexity index is 444. The molecule has 0 fully saturated rings. The second kappa shape index (κ2) is 17.0. The van der Waals surface area contributed by atoms with E-state index in [0.29, 0.717) is 5.92 Å². The Balaban J connectivity index is 5.24. The number of unbranched alkanes of at least 4 members (excludes halogenated alkanes) is 4. The minimum atomic E-state index is 0.0559. The minimum absolute atomic E-state index is 0.0559. The van der Waals surface area contributed by atoms with Crippen LogP contribution in [0.3, 0.4) is 0 Å². The third kappa shape index (κ3) is 12.0. The SMILES string of the molecule is C=CCCCC(C#CC(CC=C)(CCC=C)CCCC=C)CCCCC. The highest BCUT2D eigenvalue weighted by Crippen LogP contribution is 2.35. The Kier molecular flexibility index (Phi) is 16.0. The Morgan fingerprint density at radius 1 is 0.769 bits per heavy atom. The van der Waals surface area contributed by atoms with Crippen LogP contribution < -0.4 is 0 Å². The van der Waals surface area contributed by atoms with E-state index in [1.54, 1.807) is 0 Å². The summed E-state index contributed by atoms with van der Waals surface area (Å²) in [4.78, 5) is 0. The van der Waals surface area contributed by atoms with E-state index in [-0.39, 0.29) is 5.41 Å². The molecule has 0 nitrogen and oxygen atoms in total. The second-order valence-corrected chi connectivity index (χ2v) is 7.46. The van der Waals surface area contributed by atoms with Crippen LogP contribution in [0, 0.1) is 23.2 Å². The second-order valence-electron chi connectivity index (χ2n) is 7.46. The molecule has 0 heterocycles. The van der Waals surface area contributed by atoms with Gasteiger partial charge in [0.25, 0.3) is 0 Å². The van der Waals surface area contributed by atoms with Gasteiger partial charge in [0.15, 0.2) is 0 Å². The van der Waals surface area contributed by atoms with E-state index in [1.807, 2.05) is 18.2 Å². The molecule has 0 aromatic heterocycles. The van der Waals surface area contributed by atoms with Crippen molar-refractivity contribution in [1.82, 2.24) is 0 Å². The molecule has 0 saturated heterocycles. The highest BCUT2D eigenvalue weighted by molar-refractivity contribution is 5.16. The van der Waals surface area contributed by atoms with Crippen LogP contribution >= 0.6 is 0 Å². The quantitative estimate of drug-likeness (QED) is 0.140. The van der Waals surface area contributed by atoms with E-state index in [2.05, 4.69) is 51.2 Å². The smallest absolute Gasteiger partial charge is 0.0352 e. The molecule has 0 N–H and O–H groups in total. The maximum Gasteiger partial charge on any atom is 0.0352 e. The summed E-state index contributed by atoms with van der Waals surface area (Å²) in [6.07, 6.45) is 23.1. The molecule has 26 heavy (non-hydrogen) atoms. The van der Waals surface area contributed by atoms with E-state index >= 15 is 0 Å². The van der Waals surface area contributed by atoms with Crippen molar-refractivity contribution < 1.29 is 0 Å². The summed E-state index contributed by atoms with van der Waals surface area (Å²) in [5.41, 5.74) is 0.0559. The average molecular weight is 355 g/mol. The fraction of sp³-hybridized carbons (Fsp3) is 0.615. The van der Waals surface area contributed by atoms with Gasteiger partial charge in [-0.05, 0) is 64.2 Å². The van der Waals surface area contributed by atoms with Crippen molar-refractivity contribution in [1.29, 1.82) is 0 Å². The molecule has 0 heteroatoms. The monoisotopic (exact) mass is 354 g/mol. The van der Waals surface area contributed by atoms with Crippen molar-refractivity contribution in [3.63, 3.8) is 0 Å². The molecule has 0 saturated carbocycles. The summed E-state index contributed by atoms with van der Waals surface area (Å²) in [5.74, 6) is 7.98. The van der Waals surface area contributed by atoms with Gasteiger partial charge in [0.1, 0.15) is 0 Å². The van der Waals surface area contributed by atoms with Gasteiger partial charge in [-0.25, -0.2) is 0 Å². The Labute approximate surface area is 164 Å². The molecular formula is C26H42. The first-order valence-electron chi connectivity index (χ1n) is 10.6. The van der Waals surface area contributed by atoms with Gasteiger partial charge in [0.05, 0.1) is 0 Å². The summed E-state index contributed by atoms with van der Waals surface area (Å²) in [6, 6.07) is 0. The molecule has 2 atom stereocenters. The molecule has 0 aromatic carbocycles. The predicted octanol–water partition coefficient (Wildman–Crippen LogP) is 8.43. The standard InChI is InChI=1S/C26H42/c1-6-11-15-18-25(19-16-12-7-2)20-24-26(21-10-5,22-14-9-4)23-17-13-8-3/h6,8-10,25H,1,3-5,7,11-19,21-23H2,2H3. The van der Waals surface area contributed by atoms with Crippen molar-refractivity contribution in [3.05, 3.63) is 50.6 Å². The molecule has 0 rings (SSSR count). The summed E-state index contributed by atoms with van der Waals surface area (Å²) in [7, 11) is 0. The van der Waals surface area contributed by atoms with Crippen LogP contribution in [0.4, 0.5) is 0 Å². The summed E-state index contributed by atoms with van der Waals surface area (Å²) in [6.45, 7) is 17.9. The van der Waals surface area contributed by atoms with Crippen molar-refractivity contribution in [2.75, 3.05) is 0 Å². The lowest BCUT2D eigenvalue weighted by atomic mass is 9.76. The first-order valence-corrected chi connectivity index (χ1v) is 10.6. The molecule has 2 unspecified atom stereocenters. The van der Waals surface area contributed by atoms with Crippen LogP contribution in [0.2, 0.25) is 0 Å². The number of rotatable bonds is 17. The number of hydrogen-bond acceptors (Lipinski definition) is 0. The van der Waals surface area contributed by atoms with Crippen molar-refractivity contribution in [3.8, 4) is 11.8 Å². The zero-order valence-corrected chi connectivity index (χ0v) is 17.4. The van der Waals surface area contributed by atoms with E-state index < -0.39 is 0 Å². The van der Waals surface area contributed by atoms with Gasteiger partial charge in [-0.3, -0.25) is 0 Å². The molecule has 0 amide bonds. The predicted molar refractivity (Wildman–Crippen MR) is 120 cm³/mol. The van der Waals surface area contributed by atoms with Gasteiger partial charge in [-0.15, -0.1) is 26.3 Å². The highest BCUT2D eigenvalue weighted by atomic mass is 14.3. The van der Waals surface area contributed by atoms with Gasteiger partial charge in [-0.2, -0.15) is 0 Å². The molecule has 0 bridgehead atoms. The molecule has 146 valence electrons. The van der Waals surface area contributed by atoms with Gasteiger partial charge in [-0.1, -0.05) is 62.3 Å². The largest absolute Gasteiger partial charge is 0.103 e. The molecular weight excluding hydrogens is 312 g/mol. The first kappa shape index (κ1) is 24.5. The van der Waals surface area contributed by atoms with Gasteiger partial charge < -0.3 is 0 Å². The zero-order chi connectivity index (χ0) is 19.5. The van der Waals surface area contributed by atoms with Crippen molar-refractivity contribution in [2.24, 2.45) is 11.3 Å². The molecule has 0 aromatic rings. The van der Waals surface area contributed by atoms with E-state index in [4.69, 9.17) is 0 Å². The van der Waals surface area contributed by atoms with Crippen LogP contribution in [0.1, 0.15) is 90.4 Å². The maximum atomic E-state index is 4.01. The fourth-order valence-corrected chi connectivity index (χ4v) is 3.44. The number of allylic oxidation sites excluding steroid dienone is 4. The summed E-state index contributed by atoms with van der Waals surface area (Å²) in [5, 5.41) is 0. The summed E-state index contributed by atoms with van der Waals surface area (Å²) >= 11 is 0. The van der Waals surface area contributed by atoms with E-state index in [0.717, 1.165) is 44.9 Å². The van der Waals surface area contributed by atoms with Crippen LogP contribution in [0.5, 0.6) is 0 Å². The lowest BCUT2D eigenvalue weighted by Crippen LogP contribution is -2.18. The number of hydrogen-bond donors (Lipinski definition) is 0. The topological polar surface area (TPSA) is 0 Å². The molecule has 0 spiro atoms. The van der Waals surface area contributed by atoms with Gasteiger partial charge in [0, 0.05) is 11.3 Å². The lowest BCUT2D eigenvalue weighted by Gasteiger charge is -2.27. The maximum absolute atomic E-state index is 4.01. The normalized spacial score (nSPS) is 13.7. The van der Waals surface area contributed by atoms with Crippen LogP contribution in [0.15, 0.2) is 50.6 Å².